The van der Waals surface area contributed by atoms with E-state index >= 15 is 0 Å². The highest BCUT2D eigenvalue weighted by atomic mass is 79.9. The van der Waals surface area contributed by atoms with Gasteiger partial charge < -0.3 is 5.32 Å². The fraction of sp³-hybridized carbons (Fsp3) is 0.312. The van der Waals surface area contributed by atoms with Crippen molar-refractivity contribution in [2.75, 3.05) is 6.54 Å². The second-order valence-corrected chi connectivity index (χ2v) is 6.74. The Labute approximate surface area is 141 Å². The molecule has 2 rings (SSSR count). The van der Waals surface area contributed by atoms with Gasteiger partial charge >= 0.3 is 0 Å². The van der Waals surface area contributed by atoms with Gasteiger partial charge in [0.05, 0.1) is 11.7 Å². The third-order valence-electron chi connectivity index (χ3n) is 3.11. The Kier molecular flexibility index (Phi) is 5.90. The molecule has 0 aliphatic rings. The van der Waals surface area contributed by atoms with Gasteiger partial charge in [0.2, 0.25) is 0 Å². The maximum absolute atomic E-state index is 13.7. The molecule has 1 N–H and O–H groups in total. The van der Waals surface area contributed by atoms with E-state index in [2.05, 4.69) is 49.1 Å². The summed E-state index contributed by atoms with van der Waals surface area (Å²) >= 11 is 6.95. The lowest BCUT2D eigenvalue weighted by Gasteiger charge is -2.20. The molecule has 0 amide bonds. The van der Waals surface area contributed by atoms with Crippen molar-refractivity contribution >= 4 is 31.9 Å². The van der Waals surface area contributed by atoms with Gasteiger partial charge in [-0.15, -0.1) is 0 Å². The van der Waals surface area contributed by atoms with Crippen LogP contribution in [0, 0.1) is 12.7 Å². The van der Waals surface area contributed by atoms with Crippen LogP contribution in [0.1, 0.15) is 36.2 Å². The maximum atomic E-state index is 13.7. The summed E-state index contributed by atoms with van der Waals surface area (Å²) in [6.07, 6.45) is 2.76. The quantitative estimate of drug-likeness (QED) is 0.730. The van der Waals surface area contributed by atoms with Crippen LogP contribution in [0.15, 0.2) is 39.4 Å². The lowest BCUT2D eigenvalue weighted by atomic mass is 10.0. The van der Waals surface area contributed by atoms with Crippen LogP contribution >= 0.6 is 31.9 Å². The largest absolute Gasteiger partial charge is 0.305 e. The normalized spacial score (nSPS) is 12.4. The zero-order chi connectivity index (χ0) is 15.4. The van der Waals surface area contributed by atoms with E-state index in [0.717, 1.165) is 38.7 Å². The van der Waals surface area contributed by atoms with Gasteiger partial charge in [-0.3, -0.25) is 4.98 Å². The molecular formula is C16H17Br2FN2. The van der Waals surface area contributed by atoms with Gasteiger partial charge in [0.1, 0.15) is 5.82 Å². The van der Waals surface area contributed by atoms with Crippen molar-refractivity contribution in [3.05, 3.63) is 62.0 Å². The number of aryl methyl sites for hydroxylation is 1. The lowest BCUT2D eigenvalue weighted by molar-refractivity contribution is 0.573. The molecule has 1 atom stereocenters. The van der Waals surface area contributed by atoms with Gasteiger partial charge in [0, 0.05) is 15.1 Å². The monoisotopic (exact) mass is 414 g/mol. The average Bonchev–Trinajstić information content (AvgIpc) is 2.40. The fourth-order valence-corrected chi connectivity index (χ4v) is 3.45. The van der Waals surface area contributed by atoms with E-state index in [-0.39, 0.29) is 11.9 Å². The summed E-state index contributed by atoms with van der Waals surface area (Å²) in [5.41, 5.74) is 2.65. The zero-order valence-corrected chi connectivity index (χ0v) is 15.1. The Bertz CT molecular complexity index is 611. The van der Waals surface area contributed by atoms with Crippen molar-refractivity contribution in [2.45, 2.75) is 26.3 Å². The van der Waals surface area contributed by atoms with Crippen molar-refractivity contribution in [2.24, 2.45) is 0 Å². The first-order chi connectivity index (χ1) is 10.0. The third kappa shape index (κ3) is 4.34. The molecule has 5 heteroatoms. The predicted octanol–water partition coefficient (Wildman–Crippen LogP) is 5.14. The highest BCUT2D eigenvalue weighted by molar-refractivity contribution is 9.11. The zero-order valence-electron chi connectivity index (χ0n) is 12.0. The standard InChI is InChI=1S/C16H17Br2FN2/c1-3-4-20-15(11-5-10(2)6-13(19)7-11)16-14(18)8-12(17)9-21-16/h5-9,15,20H,3-4H2,1-2H3. The van der Waals surface area contributed by atoms with Crippen LogP contribution in [0.3, 0.4) is 0 Å². The molecule has 0 radical (unpaired) electrons. The van der Waals surface area contributed by atoms with E-state index in [9.17, 15) is 4.39 Å². The highest BCUT2D eigenvalue weighted by Gasteiger charge is 2.19. The molecule has 2 nitrogen and oxygen atoms in total. The Morgan fingerprint density at radius 2 is 2.00 bits per heavy atom. The molecule has 0 aliphatic carbocycles. The Hall–Kier alpha value is -0.780. The molecule has 21 heavy (non-hydrogen) atoms. The van der Waals surface area contributed by atoms with E-state index in [1.54, 1.807) is 12.3 Å². The molecule has 0 fully saturated rings. The number of rotatable bonds is 5. The van der Waals surface area contributed by atoms with Crippen LogP contribution < -0.4 is 5.32 Å². The SMILES string of the molecule is CCCNC(c1cc(C)cc(F)c1)c1ncc(Br)cc1Br. The van der Waals surface area contributed by atoms with E-state index in [4.69, 9.17) is 0 Å². The number of hydrogen-bond donors (Lipinski definition) is 1. The van der Waals surface area contributed by atoms with Crippen LogP contribution in [0.25, 0.3) is 0 Å². The van der Waals surface area contributed by atoms with E-state index < -0.39 is 0 Å². The van der Waals surface area contributed by atoms with Crippen molar-refractivity contribution < 1.29 is 4.39 Å². The molecule has 1 aromatic heterocycles. The number of aromatic nitrogens is 1. The van der Waals surface area contributed by atoms with E-state index in [1.807, 2.05) is 19.1 Å². The molecule has 0 bridgehead atoms. The van der Waals surface area contributed by atoms with E-state index in [1.165, 1.54) is 6.07 Å². The average molecular weight is 416 g/mol. The van der Waals surface area contributed by atoms with Gasteiger partial charge in [-0.1, -0.05) is 13.0 Å². The Balaban J connectivity index is 2.46. The fourth-order valence-electron chi connectivity index (χ4n) is 2.23. The third-order valence-corrected chi connectivity index (χ3v) is 4.17. The molecule has 1 unspecified atom stereocenters. The van der Waals surface area contributed by atoms with Crippen molar-refractivity contribution in [3.8, 4) is 0 Å². The topological polar surface area (TPSA) is 24.9 Å². The first-order valence-corrected chi connectivity index (χ1v) is 8.41. The smallest absolute Gasteiger partial charge is 0.123 e. The van der Waals surface area contributed by atoms with Gasteiger partial charge in [0.15, 0.2) is 0 Å². The summed E-state index contributed by atoms with van der Waals surface area (Å²) in [5.74, 6) is -0.221. The summed E-state index contributed by atoms with van der Waals surface area (Å²) in [6, 6.07) is 6.91. The highest BCUT2D eigenvalue weighted by Crippen LogP contribution is 2.29. The van der Waals surface area contributed by atoms with Crippen molar-refractivity contribution in [1.29, 1.82) is 0 Å². The Morgan fingerprint density at radius 3 is 2.62 bits per heavy atom. The number of hydrogen-bond acceptors (Lipinski definition) is 2. The number of benzene rings is 1. The van der Waals surface area contributed by atoms with Crippen molar-refractivity contribution in [3.63, 3.8) is 0 Å². The van der Waals surface area contributed by atoms with Gasteiger partial charge in [-0.25, -0.2) is 4.39 Å². The summed E-state index contributed by atoms with van der Waals surface area (Å²) in [5, 5.41) is 3.44. The van der Waals surface area contributed by atoms with Crippen molar-refractivity contribution in [1.82, 2.24) is 10.3 Å². The van der Waals surface area contributed by atoms with Gasteiger partial charge in [-0.05, 0) is 81.1 Å². The summed E-state index contributed by atoms with van der Waals surface area (Å²) in [4.78, 5) is 4.49. The summed E-state index contributed by atoms with van der Waals surface area (Å²) in [6.45, 7) is 4.84. The number of pyridine rings is 1. The molecule has 0 saturated carbocycles. The second kappa shape index (κ2) is 7.47. The molecule has 0 saturated heterocycles. The molecular weight excluding hydrogens is 399 g/mol. The molecule has 0 spiro atoms. The Morgan fingerprint density at radius 1 is 1.24 bits per heavy atom. The molecule has 2 aromatic rings. The van der Waals surface area contributed by atoms with Crippen LogP contribution in [0.5, 0.6) is 0 Å². The minimum Gasteiger partial charge on any atom is -0.305 e. The first kappa shape index (κ1) is 16.6. The number of halogens is 3. The predicted molar refractivity (Wildman–Crippen MR) is 90.9 cm³/mol. The molecule has 112 valence electrons. The summed E-state index contributed by atoms with van der Waals surface area (Å²) < 4.78 is 15.5. The molecule has 1 heterocycles. The minimum absolute atomic E-state index is 0.137. The minimum atomic E-state index is -0.221. The number of nitrogens with one attached hydrogen (secondary N) is 1. The number of nitrogens with zero attached hydrogens (tertiary/aromatic N) is 1. The van der Waals surface area contributed by atoms with Crippen LogP contribution in [-0.2, 0) is 0 Å². The van der Waals surface area contributed by atoms with Crippen LogP contribution in [-0.4, -0.2) is 11.5 Å². The van der Waals surface area contributed by atoms with E-state index in [0.29, 0.717) is 0 Å². The van der Waals surface area contributed by atoms with Crippen LogP contribution in [0.4, 0.5) is 4.39 Å². The van der Waals surface area contributed by atoms with Gasteiger partial charge in [0.25, 0.3) is 0 Å². The molecule has 0 aliphatic heterocycles. The van der Waals surface area contributed by atoms with Crippen LogP contribution in [0.2, 0.25) is 0 Å². The second-order valence-electron chi connectivity index (χ2n) is 4.97. The molecule has 1 aromatic carbocycles. The lowest BCUT2D eigenvalue weighted by Crippen LogP contribution is -2.24. The first-order valence-electron chi connectivity index (χ1n) is 6.82. The van der Waals surface area contributed by atoms with Gasteiger partial charge in [-0.2, -0.15) is 0 Å². The summed E-state index contributed by atoms with van der Waals surface area (Å²) in [7, 11) is 0. The maximum Gasteiger partial charge on any atom is 0.123 e.